The van der Waals surface area contributed by atoms with E-state index >= 15 is 0 Å². The molecular weight excluding hydrogens is 424 g/mol. The summed E-state index contributed by atoms with van der Waals surface area (Å²) in [6.45, 7) is 14.5. The van der Waals surface area contributed by atoms with E-state index in [1.807, 2.05) is 46.9 Å². The highest BCUT2D eigenvalue weighted by atomic mass is 16.3. The van der Waals surface area contributed by atoms with E-state index in [9.17, 15) is 10.2 Å². The average Bonchev–Trinajstić information content (AvgIpc) is 2.72. The fraction of sp³-hybridized carbons (Fsp3) is 0.500. The number of nitrogens with zero attached hydrogens (tertiary/aromatic N) is 2. The Hall–Kier alpha value is -2.70. The van der Waals surface area contributed by atoms with Crippen molar-refractivity contribution >= 4 is 16.9 Å². The van der Waals surface area contributed by atoms with Gasteiger partial charge in [0.2, 0.25) is 0 Å². The van der Waals surface area contributed by atoms with Gasteiger partial charge in [-0.1, -0.05) is 20.1 Å². The zero-order chi connectivity index (χ0) is 25.4. The molecule has 3 aliphatic rings. The molecule has 0 aromatic heterocycles. The van der Waals surface area contributed by atoms with Crippen LogP contribution in [-0.2, 0) is 6.42 Å². The van der Waals surface area contributed by atoms with Crippen LogP contribution in [0.2, 0.25) is 0 Å². The number of hydrogen-bond acceptors (Lipinski definition) is 6. The molecule has 6 nitrogen and oxygen atoms in total. The minimum absolute atomic E-state index is 0.192. The van der Waals surface area contributed by atoms with Crippen LogP contribution in [0.3, 0.4) is 0 Å². The zero-order valence-corrected chi connectivity index (χ0v) is 21.7. The molecule has 0 heterocycles. The van der Waals surface area contributed by atoms with E-state index in [4.69, 9.17) is 11.5 Å². The van der Waals surface area contributed by atoms with Gasteiger partial charge in [-0.15, -0.1) is 0 Å². The fourth-order valence-electron chi connectivity index (χ4n) is 7.15. The van der Waals surface area contributed by atoms with Crippen LogP contribution in [0.5, 0.6) is 0 Å². The van der Waals surface area contributed by atoms with Crippen LogP contribution in [-0.4, -0.2) is 54.9 Å². The molecule has 5 atom stereocenters. The minimum atomic E-state index is -1.18. The Balaban J connectivity index is 1.98. The third kappa shape index (κ3) is 3.08. The molecule has 0 bridgehead atoms. The summed E-state index contributed by atoms with van der Waals surface area (Å²) in [7, 11) is 7.96. The molecular formula is C28H40N4O2. The first kappa shape index (κ1) is 24.4. The number of nitrogen functional groups attached to an aromatic ring is 1. The Kier molecular flexibility index (Phi) is 5.69. The lowest BCUT2D eigenvalue weighted by atomic mass is 9.53. The molecule has 0 aliphatic heterocycles. The van der Waals surface area contributed by atoms with Crippen LogP contribution in [0.4, 0.5) is 11.4 Å². The summed E-state index contributed by atoms with van der Waals surface area (Å²) in [5.41, 5.74) is 20.5. The van der Waals surface area contributed by atoms with Crippen molar-refractivity contribution in [1.29, 1.82) is 0 Å². The van der Waals surface area contributed by atoms with Crippen LogP contribution < -0.4 is 16.4 Å². The van der Waals surface area contributed by atoms with E-state index in [1.54, 1.807) is 0 Å². The van der Waals surface area contributed by atoms with Gasteiger partial charge in [0.1, 0.15) is 5.76 Å². The molecule has 6 N–H and O–H groups in total. The van der Waals surface area contributed by atoms with Crippen molar-refractivity contribution in [2.24, 2.45) is 23.5 Å². The zero-order valence-electron chi connectivity index (χ0n) is 21.7. The number of nitrogens with two attached hydrogens (primary N) is 2. The highest BCUT2D eigenvalue weighted by Crippen LogP contribution is 2.58. The second-order valence-electron chi connectivity index (χ2n) is 10.9. The van der Waals surface area contributed by atoms with Gasteiger partial charge in [-0.3, -0.25) is 4.90 Å². The lowest BCUT2D eigenvalue weighted by Crippen LogP contribution is -2.61. The molecule has 3 aliphatic carbocycles. The lowest BCUT2D eigenvalue weighted by molar-refractivity contribution is -0.0770. The maximum Gasteiger partial charge on any atom is 0.115 e. The summed E-state index contributed by atoms with van der Waals surface area (Å²) in [5.74, 6) is -0.171. The molecule has 0 saturated carbocycles. The number of aliphatic hydroxyl groups excluding tert-OH is 1. The van der Waals surface area contributed by atoms with Crippen molar-refractivity contribution in [2.45, 2.75) is 45.3 Å². The summed E-state index contributed by atoms with van der Waals surface area (Å²) in [6.07, 6.45) is 1.58. The van der Waals surface area contributed by atoms with Crippen LogP contribution in [0.15, 0.2) is 47.4 Å². The van der Waals surface area contributed by atoms with Crippen molar-refractivity contribution in [3.63, 3.8) is 0 Å². The highest BCUT2D eigenvalue weighted by molar-refractivity contribution is 5.90. The van der Waals surface area contributed by atoms with E-state index in [1.165, 1.54) is 5.56 Å². The average molecular weight is 465 g/mol. The maximum atomic E-state index is 12.5. The third-order valence-electron chi connectivity index (χ3n) is 8.72. The van der Waals surface area contributed by atoms with Gasteiger partial charge in [0.15, 0.2) is 0 Å². The highest BCUT2D eigenvalue weighted by Gasteiger charge is 2.58. The van der Waals surface area contributed by atoms with Crippen LogP contribution >= 0.6 is 0 Å². The molecule has 184 valence electrons. The number of rotatable bonds is 3. The van der Waals surface area contributed by atoms with Gasteiger partial charge in [0.25, 0.3) is 0 Å². The molecule has 3 unspecified atom stereocenters. The molecule has 0 fully saturated rings. The van der Waals surface area contributed by atoms with Crippen molar-refractivity contribution < 1.29 is 10.2 Å². The fourth-order valence-corrected chi connectivity index (χ4v) is 7.15. The first-order valence-corrected chi connectivity index (χ1v) is 12.0. The van der Waals surface area contributed by atoms with Gasteiger partial charge < -0.3 is 26.6 Å². The normalized spacial score (nSPS) is 30.8. The van der Waals surface area contributed by atoms with Gasteiger partial charge in [0.05, 0.1) is 11.6 Å². The lowest BCUT2D eigenvalue weighted by Gasteiger charge is -2.56. The number of fused-ring (bicyclic) bond motifs is 3. The summed E-state index contributed by atoms with van der Waals surface area (Å²) < 4.78 is 0. The van der Waals surface area contributed by atoms with Crippen LogP contribution in [0.1, 0.15) is 37.0 Å². The van der Waals surface area contributed by atoms with E-state index in [-0.39, 0.29) is 23.6 Å². The Morgan fingerprint density at radius 2 is 1.82 bits per heavy atom. The summed E-state index contributed by atoms with van der Waals surface area (Å²) in [4.78, 5) is 4.10. The number of likely N-dealkylation sites (N-methyl/N-ethyl adjacent to an activating group) is 1. The number of anilines is 2. The number of hydrogen-bond donors (Lipinski definition) is 4. The smallest absolute Gasteiger partial charge is 0.115 e. The topological polar surface area (TPSA) is 99.0 Å². The van der Waals surface area contributed by atoms with Gasteiger partial charge in [0, 0.05) is 48.6 Å². The van der Waals surface area contributed by atoms with Crippen molar-refractivity contribution in [2.75, 3.05) is 38.8 Å². The van der Waals surface area contributed by atoms with Crippen molar-refractivity contribution in [1.82, 2.24) is 4.90 Å². The predicted molar refractivity (Wildman–Crippen MR) is 142 cm³/mol. The van der Waals surface area contributed by atoms with Crippen molar-refractivity contribution in [3.05, 3.63) is 64.1 Å². The quantitative estimate of drug-likeness (QED) is 0.509. The van der Waals surface area contributed by atoms with Crippen LogP contribution in [0, 0.1) is 24.7 Å². The third-order valence-corrected chi connectivity index (χ3v) is 8.72. The van der Waals surface area contributed by atoms with Gasteiger partial charge in [-0.2, -0.15) is 0 Å². The molecule has 0 radical (unpaired) electrons. The molecule has 0 amide bonds. The SMILES string of the molecule is C=C(N)C1=C(O)[C@@H](N(C)C)C2CC3Cc4c(N(C)C)cc(N)c(C)c4C(=C)C3=C(C)[C@]2(O)C1C. The number of allylic oxidation sites excluding steroid dienone is 3. The van der Waals surface area contributed by atoms with Gasteiger partial charge in [-0.25, -0.2) is 0 Å². The first-order chi connectivity index (χ1) is 15.7. The molecule has 1 aromatic rings. The Labute approximate surface area is 203 Å². The van der Waals surface area contributed by atoms with E-state index in [2.05, 4.69) is 31.0 Å². The largest absolute Gasteiger partial charge is 0.510 e. The molecule has 34 heavy (non-hydrogen) atoms. The molecule has 4 rings (SSSR count). The summed E-state index contributed by atoms with van der Waals surface area (Å²) in [5, 5.41) is 23.8. The Bertz CT molecular complexity index is 1160. The monoisotopic (exact) mass is 464 g/mol. The van der Waals surface area contributed by atoms with E-state index in [0.29, 0.717) is 11.3 Å². The summed E-state index contributed by atoms with van der Waals surface area (Å²) in [6, 6.07) is 1.70. The van der Waals surface area contributed by atoms with Crippen LogP contribution in [0.25, 0.3) is 5.57 Å². The standard InChI is InChI=1S/C28H40N4O2/c1-13-21(30)12-22(31(6)7)19-10-18-11-20-26(32(8)9)27(33)25(17(5)29)16(4)28(20,34)15(3)24(18)14(2)23(13)19/h12,16,18,20,26,33-34H,2,5,10-11,29-30H2,1,3-4,6-9H3/t16?,18?,20?,26-,28-/m0/s1. The minimum Gasteiger partial charge on any atom is -0.510 e. The molecule has 1 aromatic carbocycles. The second-order valence-corrected chi connectivity index (χ2v) is 10.9. The van der Waals surface area contributed by atoms with E-state index < -0.39 is 11.5 Å². The van der Waals surface area contributed by atoms with Crippen molar-refractivity contribution in [3.8, 4) is 0 Å². The predicted octanol–water partition coefficient (Wildman–Crippen LogP) is 3.76. The Morgan fingerprint density at radius 1 is 1.21 bits per heavy atom. The molecule has 6 heteroatoms. The summed E-state index contributed by atoms with van der Waals surface area (Å²) >= 11 is 0. The molecule has 0 saturated heterocycles. The Morgan fingerprint density at radius 3 is 2.35 bits per heavy atom. The molecule has 0 spiro atoms. The van der Waals surface area contributed by atoms with E-state index in [0.717, 1.165) is 52.1 Å². The second kappa shape index (κ2) is 7.92. The van der Waals surface area contributed by atoms with Gasteiger partial charge in [-0.05, 0) is 86.2 Å². The first-order valence-electron chi connectivity index (χ1n) is 12.0. The maximum absolute atomic E-state index is 12.5. The van der Waals surface area contributed by atoms with Gasteiger partial charge >= 0.3 is 0 Å². The number of benzene rings is 1. The number of aliphatic hydroxyl groups is 2.